The van der Waals surface area contributed by atoms with Gasteiger partial charge < -0.3 is 15.6 Å². The van der Waals surface area contributed by atoms with E-state index in [-0.39, 0.29) is 6.61 Å². The number of hydrogen-bond acceptors (Lipinski definition) is 4. The predicted octanol–water partition coefficient (Wildman–Crippen LogP) is 2.71. The van der Waals surface area contributed by atoms with Crippen molar-refractivity contribution in [2.24, 2.45) is 0 Å². The smallest absolute Gasteiger partial charge is 0.233 e. The molecule has 2 rings (SSSR count). The van der Waals surface area contributed by atoms with Crippen LogP contribution >= 0.6 is 15.9 Å². The molecule has 0 spiro atoms. The Morgan fingerprint density at radius 2 is 2.12 bits per heavy atom. The number of aliphatic hydroxyl groups excluding tert-OH is 1. The average Bonchev–Trinajstić information content (AvgIpc) is 2.33. The van der Waals surface area contributed by atoms with Crippen LogP contribution in [0, 0.1) is 0 Å². The predicted molar refractivity (Wildman–Crippen MR) is 68.8 cm³/mol. The minimum Gasteiger partial charge on any atom is -0.438 e. The molecule has 0 aliphatic rings. The van der Waals surface area contributed by atoms with Gasteiger partial charge in [0.15, 0.2) is 0 Å². The summed E-state index contributed by atoms with van der Waals surface area (Å²) in [6.45, 7) is -0.0806. The van der Waals surface area contributed by atoms with Crippen LogP contribution in [0.15, 0.2) is 41.0 Å². The Bertz CT molecular complexity index is 532. The minimum atomic E-state index is -0.0806. The zero-order valence-electron chi connectivity index (χ0n) is 8.93. The Labute approximate surface area is 107 Å². The maximum atomic E-state index is 9.18. The average molecular weight is 295 g/mol. The van der Waals surface area contributed by atoms with E-state index in [1.807, 2.05) is 12.1 Å². The fourth-order valence-corrected chi connectivity index (χ4v) is 1.80. The number of hydrogen-bond donors (Lipinski definition) is 2. The number of nitrogen functional groups attached to an aromatic ring is 1. The molecule has 1 aromatic carbocycles. The van der Waals surface area contributed by atoms with Crippen LogP contribution in [0.25, 0.3) is 0 Å². The number of nitrogens with zero attached hydrogens (tertiary/aromatic N) is 1. The van der Waals surface area contributed by atoms with Gasteiger partial charge in [0.25, 0.3) is 0 Å². The first-order valence-corrected chi connectivity index (χ1v) is 5.77. The number of para-hydroxylation sites is 1. The first-order chi connectivity index (χ1) is 8.20. The van der Waals surface area contributed by atoms with Crippen molar-refractivity contribution in [2.75, 3.05) is 5.73 Å². The second kappa shape index (κ2) is 5.16. The summed E-state index contributed by atoms with van der Waals surface area (Å²) in [5.41, 5.74) is 6.85. The number of nitrogens with two attached hydrogens (primary N) is 1. The van der Waals surface area contributed by atoms with Crippen molar-refractivity contribution in [3.63, 3.8) is 0 Å². The summed E-state index contributed by atoms with van der Waals surface area (Å²) in [6.07, 6.45) is 1.52. The van der Waals surface area contributed by atoms with Crippen LogP contribution in [-0.4, -0.2) is 10.1 Å². The summed E-state index contributed by atoms with van der Waals surface area (Å²) < 4.78 is 6.28. The van der Waals surface area contributed by atoms with Gasteiger partial charge in [-0.1, -0.05) is 18.2 Å². The van der Waals surface area contributed by atoms with Gasteiger partial charge in [0.05, 0.1) is 23.0 Å². The zero-order valence-corrected chi connectivity index (χ0v) is 10.5. The van der Waals surface area contributed by atoms with Crippen LogP contribution in [-0.2, 0) is 6.61 Å². The molecule has 0 radical (unpaired) electrons. The van der Waals surface area contributed by atoms with Crippen molar-refractivity contribution in [1.82, 2.24) is 4.98 Å². The Morgan fingerprint density at radius 1 is 1.35 bits per heavy atom. The summed E-state index contributed by atoms with van der Waals surface area (Å²) in [7, 11) is 0. The fraction of sp³-hybridized carbons (Fsp3) is 0.0833. The molecule has 0 saturated heterocycles. The molecule has 0 bridgehead atoms. The maximum Gasteiger partial charge on any atom is 0.233 e. The maximum absolute atomic E-state index is 9.18. The number of benzene rings is 1. The van der Waals surface area contributed by atoms with Gasteiger partial charge in [0.1, 0.15) is 5.75 Å². The third kappa shape index (κ3) is 2.75. The molecule has 17 heavy (non-hydrogen) atoms. The molecule has 0 saturated carbocycles. The van der Waals surface area contributed by atoms with Gasteiger partial charge in [-0.15, -0.1) is 0 Å². The number of anilines is 1. The first-order valence-electron chi connectivity index (χ1n) is 4.98. The van der Waals surface area contributed by atoms with E-state index in [0.717, 1.165) is 0 Å². The fourth-order valence-electron chi connectivity index (χ4n) is 1.35. The zero-order chi connectivity index (χ0) is 12.3. The largest absolute Gasteiger partial charge is 0.438 e. The highest BCUT2D eigenvalue weighted by Gasteiger charge is 2.07. The molecule has 1 aromatic heterocycles. The van der Waals surface area contributed by atoms with E-state index in [9.17, 15) is 5.11 Å². The van der Waals surface area contributed by atoms with E-state index in [4.69, 9.17) is 10.5 Å². The van der Waals surface area contributed by atoms with Gasteiger partial charge in [-0.25, -0.2) is 4.98 Å². The third-order valence-corrected chi connectivity index (χ3v) is 2.75. The molecule has 3 N–H and O–H groups in total. The van der Waals surface area contributed by atoms with Crippen molar-refractivity contribution >= 4 is 21.6 Å². The molecule has 5 heteroatoms. The Hall–Kier alpha value is -1.59. The lowest BCUT2D eigenvalue weighted by molar-refractivity contribution is 0.276. The van der Waals surface area contributed by atoms with Crippen LogP contribution in [0.5, 0.6) is 11.6 Å². The summed E-state index contributed by atoms with van der Waals surface area (Å²) in [4.78, 5) is 4.07. The highest BCUT2D eigenvalue weighted by atomic mass is 79.9. The lowest BCUT2D eigenvalue weighted by atomic mass is 10.2. The van der Waals surface area contributed by atoms with Crippen LogP contribution in [0.4, 0.5) is 5.69 Å². The van der Waals surface area contributed by atoms with Crippen molar-refractivity contribution in [3.8, 4) is 11.6 Å². The van der Waals surface area contributed by atoms with Crippen molar-refractivity contribution in [3.05, 3.63) is 46.6 Å². The van der Waals surface area contributed by atoms with E-state index in [1.54, 1.807) is 18.2 Å². The van der Waals surface area contributed by atoms with Gasteiger partial charge in [-0.2, -0.15) is 0 Å². The summed E-state index contributed by atoms with van der Waals surface area (Å²) >= 11 is 3.32. The van der Waals surface area contributed by atoms with Gasteiger partial charge in [0, 0.05) is 5.56 Å². The number of aromatic nitrogens is 1. The molecular weight excluding hydrogens is 284 g/mol. The van der Waals surface area contributed by atoms with E-state index in [1.165, 1.54) is 6.20 Å². The molecule has 0 amide bonds. The lowest BCUT2D eigenvalue weighted by Crippen LogP contribution is -1.95. The second-order valence-electron chi connectivity index (χ2n) is 3.42. The number of halogens is 1. The second-order valence-corrected chi connectivity index (χ2v) is 4.28. The van der Waals surface area contributed by atoms with Crippen LogP contribution in [0.3, 0.4) is 0 Å². The summed E-state index contributed by atoms with van der Waals surface area (Å²) in [6, 6.07) is 8.95. The molecule has 0 atom stereocenters. The SMILES string of the molecule is Nc1cnc(Oc2ccccc2CO)c(Br)c1. The van der Waals surface area contributed by atoms with Crippen molar-refractivity contribution in [2.45, 2.75) is 6.61 Å². The van der Waals surface area contributed by atoms with Gasteiger partial charge in [-0.3, -0.25) is 0 Å². The standard InChI is InChI=1S/C12H11BrN2O2/c13-10-5-9(14)6-15-12(10)17-11-4-2-1-3-8(11)7-16/h1-6,16H,7,14H2. The highest BCUT2D eigenvalue weighted by Crippen LogP contribution is 2.30. The molecular formula is C12H11BrN2O2. The van der Waals surface area contributed by atoms with E-state index in [0.29, 0.717) is 27.4 Å². The number of ether oxygens (including phenoxy) is 1. The summed E-state index contributed by atoms with van der Waals surface area (Å²) in [5, 5.41) is 9.18. The molecule has 0 fully saturated rings. The molecule has 4 nitrogen and oxygen atoms in total. The van der Waals surface area contributed by atoms with Gasteiger partial charge >= 0.3 is 0 Å². The number of rotatable bonds is 3. The van der Waals surface area contributed by atoms with Crippen LogP contribution in [0.1, 0.15) is 5.56 Å². The Morgan fingerprint density at radius 3 is 2.82 bits per heavy atom. The molecule has 0 unspecified atom stereocenters. The van der Waals surface area contributed by atoms with Crippen LogP contribution in [0.2, 0.25) is 0 Å². The van der Waals surface area contributed by atoms with E-state index in [2.05, 4.69) is 20.9 Å². The molecule has 0 aliphatic heterocycles. The van der Waals surface area contributed by atoms with E-state index < -0.39 is 0 Å². The monoisotopic (exact) mass is 294 g/mol. The molecule has 1 heterocycles. The lowest BCUT2D eigenvalue weighted by Gasteiger charge is -2.10. The Kier molecular flexibility index (Phi) is 3.61. The molecule has 88 valence electrons. The Balaban J connectivity index is 2.31. The van der Waals surface area contributed by atoms with Gasteiger partial charge in [0.2, 0.25) is 5.88 Å². The molecule has 0 aliphatic carbocycles. The number of aliphatic hydroxyl groups is 1. The van der Waals surface area contributed by atoms with Crippen molar-refractivity contribution < 1.29 is 9.84 Å². The first kappa shape index (κ1) is 11.9. The van der Waals surface area contributed by atoms with Gasteiger partial charge in [-0.05, 0) is 28.1 Å². The normalized spacial score (nSPS) is 10.2. The third-order valence-electron chi connectivity index (χ3n) is 2.18. The topological polar surface area (TPSA) is 68.4 Å². The summed E-state index contributed by atoms with van der Waals surface area (Å²) in [5.74, 6) is 0.994. The number of pyridine rings is 1. The minimum absolute atomic E-state index is 0.0806. The van der Waals surface area contributed by atoms with Crippen LogP contribution < -0.4 is 10.5 Å². The van der Waals surface area contributed by atoms with E-state index >= 15 is 0 Å². The highest BCUT2D eigenvalue weighted by molar-refractivity contribution is 9.10. The quantitative estimate of drug-likeness (QED) is 0.913. The van der Waals surface area contributed by atoms with Crippen molar-refractivity contribution in [1.29, 1.82) is 0 Å². The molecule has 2 aromatic rings.